The van der Waals surface area contributed by atoms with Gasteiger partial charge in [0.25, 0.3) is 0 Å². The Morgan fingerprint density at radius 1 is 1.42 bits per heavy atom. The third kappa shape index (κ3) is 1.69. The molecule has 0 aliphatic heterocycles. The highest BCUT2D eigenvalue weighted by atomic mass is 19.4. The predicted molar refractivity (Wildman–Crippen MR) is 39.4 cm³/mol. The van der Waals surface area contributed by atoms with Gasteiger partial charge in [0.15, 0.2) is 0 Å². The van der Waals surface area contributed by atoms with E-state index in [2.05, 4.69) is 6.07 Å². The zero-order chi connectivity index (χ0) is 9.35. The number of hydrogen-bond acceptors (Lipinski definition) is 1. The van der Waals surface area contributed by atoms with Crippen molar-refractivity contribution in [2.45, 2.75) is 13.1 Å². The maximum atomic E-state index is 12.2. The minimum Gasteiger partial charge on any atom is -0.399 e. The van der Waals surface area contributed by atoms with E-state index in [0.29, 0.717) is 0 Å². The van der Waals surface area contributed by atoms with E-state index in [0.717, 1.165) is 6.07 Å². The monoisotopic (exact) mass is 174 g/mol. The van der Waals surface area contributed by atoms with Crippen molar-refractivity contribution in [1.82, 2.24) is 0 Å². The molecule has 0 amide bonds. The molecule has 1 nitrogen and oxygen atoms in total. The van der Waals surface area contributed by atoms with Crippen LogP contribution >= 0.6 is 0 Å². The summed E-state index contributed by atoms with van der Waals surface area (Å²) in [6.45, 7) is 1.35. The molecule has 2 N–H and O–H groups in total. The lowest BCUT2D eigenvalue weighted by atomic mass is 10.1. The third-order valence-electron chi connectivity index (χ3n) is 1.48. The number of anilines is 1. The summed E-state index contributed by atoms with van der Waals surface area (Å²) in [5.41, 5.74) is 4.62. The second-order valence-corrected chi connectivity index (χ2v) is 2.47. The number of rotatable bonds is 0. The van der Waals surface area contributed by atoms with Gasteiger partial charge in [0.05, 0.1) is 5.56 Å². The molecule has 0 aliphatic rings. The molecule has 0 aliphatic carbocycles. The minimum absolute atomic E-state index is 0.0664. The third-order valence-corrected chi connectivity index (χ3v) is 1.48. The van der Waals surface area contributed by atoms with Crippen LogP contribution in [0.3, 0.4) is 0 Å². The van der Waals surface area contributed by atoms with Crippen molar-refractivity contribution in [2.24, 2.45) is 0 Å². The van der Waals surface area contributed by atoms with Gasteiger partial charge in [0.1, 0.15) is 0 Å². The molecule has 0 unspecified atom stereocenters. The molecular formula is C8H7F3N. The van der Waals surface area contributed by atoms with Crippen LogP contribution in [0.15, 0.2) is 12.1 Å². The first-order chi connectivity index (χ1) is 5.41. The molecule has 1 aromatic rings. The number of nitrogens with two attached hydrogens (primary N) is 1. The summed E-state index contributed by atoms with van der Waals surface area (Å²) in [5, 5.41) is 0. The van der Waals surface area contributed by atoms with Crippen LogP contribution in [0.4, 0.5) is 18.9 Å². The molecular weight excluding hydrogens is 167 g/mol. The van der Waals surface area contributed by atoms with Crippen LogP contribution in [-0.4, -0.2) is 0 Å². The van der Waals surface area contributed by atoms with Gasteiger partial charge in [-0.3, -0.25) is 0 Å². The summed E-state index contributed by atoms with van der Waals surface area (Å²) in [6.07, 6.45) is -4.34. The van der Waals surface area contributed by atoms with Gasteiger partial charge in [0.2, 0.25) is 0 Å². The van der Waals surface area contributed by atoms with Gasteiger partial charge in [0, 0.05) is 5.69 Å². The Morgan fingerprint density at radius 3 is 2.42 bits per heavy atom. The summed E-state index contributed by atoms with van der Waals surface area (Å²) in [6, 6.07) is 4.66. The average molecular weight is 174 g/mol. The molecule has 0 spiro atoms. The van der Waals surface area contributed by atoms with E-state index in [1.165, 1.54) is 13.0 Å². The zero-order valence-electron chi connectivity index (χ0n) is 6.37. The fourth-order valence-corrected chi connectivity index (χ4v) is 0.880. The van der Waals surface area contributed by atoms with Crippen molar-refractivity contribution in [3.63, 3.8) is 0 Å². The van der Waals surface area contributed by atoms with Crippen LogP contribution in [0.25, 0.3) is 0 Å². The van der Waals surface area contributed by atoms with E-state index >= 15 is 0 Å². The largest absolute Gasteiger partial charge is 0.416 e. The first-order valence-electron chi connectivity index (χ1n) is 3.26. The molecule has 0 fully saturated rings. The quantitative estimate of drug-likeness (QED) is 0.600. The molecule has 0 saturated carbocycles. The lowest BCUT2D eigenvalue weighted by molar-refractivity contribution is -0.138. The van der Waals surface area contributed by atoms with Crippen LogP contribution in [-0.2, 0) is 6.18 Å². The molecule has 0 bridgehead atoms. The van der Waals surface area contributed by atoms with Crippen molar-refractivity contribution in [2.75, 3.05) is 5.73 Å². The van der Waals surface area contributed by atoms with E-state index < -0.39 is 11.7 Å². The summed E-state index contributed by atoms with van der Waals surface area (Å²) in [5.74, 6) is 0. The van der Waals surface area contributed by atoms with Crippen LogP contribution < -0.4 is 5.73 Å². The van der Waals surface area contributed by atoms with E-state index in [4.69, 9.17) is 5.73 Å². The Bertz CT molecular complexity index is 291. The highest BCUT2D eigenvalue weighted by Gasteiger charge is 2.32. The molecule has 12 heavy (non-hydrogen) atoms. The fraction of sp³-hybridized carbons (Fsp3) is 0.250. The zero-order valence-corrected chi connectivity index (χ0v) is 6.37. The summed E-state index contributed by atoms with van der Waals surface area (Å²) >= 11 is 0. The second kappa shape index (κ2) is 2.69. The highest BCUT2D eigenvalue weighted by molar-refractivity contribution is 5.44. The van der Waals surface area contributed by atoms with Crippen LogP contribution in [0.2, 0.25) is 0 Å². The average Bonchev–Trinajstić information content (AvgIpc) is 1.92. The number of hydrogen-bond donors (Lipinski definition) is 1. The first-order valence-corrected chi connectivity index (χ1v) is 3.26. The molecule has 0 atom stereocenters. The normalized spacial score (nSPS) is 11.7. The lowest BCUT2D eigenvalue weighted by Crippen LogP contribution is -2.08. The summed E-state index contributed by atoms with van der Waals surface area (Å²) in [7, 11) is 0. The van der Waals surface area contributed by atoms with Crippen LogP contribution in [0, 0.1) is 13.0 Å². The Morgan fingerprint density at radius 2 is 2.00 bits per heavy atom. The SMILES string of the molecule is Cc1[c]cc(N)cc1C(F)(F)F. The van der Waals surface area contributed by atoms with Gasteiger partial charge in [-0.1, -0.05) is 0 Å². The minimum atomic E-state index is -4.34. The molecule has 65 valence electrons. The number of aryl methyl sites for hydroxylation is 1. The van der Waals surface area contributed by atoms with Crippen molar-refractivity contribution in [3.05, 3.63) is 29.3 Å². The van der Waals surface area contributed by atoms with Gasteiger partial charge >= 0.3 is 6.18 Å². The predicted octanol–water partition coefficient (Wildman–Crippen LogP) is 2.40. The molecule has 4 heteroatoms. The van der Waals surface area contributed by atoms with Crippen molar-refractivity contribution >= 4 is 5.69 Å². The molecule has 1 aromatic carbocycles. The van der Waals surface area contributed by atoms with Crippen molar-refractivity contribution in [1.29, 1.82) is 0 Å². The van der Waals surface area contributed by atoms with E-state index in [-0.39, 0.29) is 11.3 Å². The second-order valence-electron chi connectivity index (χ2n) is 2.47. The standard InChI is InChI=1S/C8H7F3N/c1-5-2-3-6(12)4-7(5)8(9,10)11/h3-4H,12H2,1H3. The maximum Gasteiger partial charge on any atom is 0.416 e. The van der Waals surface area contributed by atoms with E-state index in [1.807, 2.05) is 0 Å². The smallest absolute Gasteiger partial charge is 0.399 e. The molecule has 1 rings (SSSR count). The number of alkyl halides is 3. The van der Waals surface area contributed by atoms with Gasteiger partial charge < -0.3 is 5.73 Å². The molecule has 0 aromatic heterocycles. The van der Waals surface area contributed by atoms with E-state index in [9.17, 15) is 13.2 Å². The van der Waals surface area contributed by atoms with Gasteiger partial charge in [-0.2, -0.15) is 13.2 Å². The summed E-state index contributed by atoms with van der Waals surface area (Å²) < 4.78 is 36.5. The van der Waals surface area contributed by atoms with Gasteiger partial charge in [-0.15, -0.1) is 0 Å². The van der Waals surface area contributed by atoms with E-state index in [1.54, 1.807) is 0 Å². The highest BCUT2D eigenvalue weighted by Crippen LogP contribution is 2.32. The van der Waals surface area contributed by atoms with Crippen molar-refractivity contribution < 1.29 is 13.2 Å². The Hall–Kier alpha value is -1.19. The van der Waals surface area contributed by atoms with Crippen molar-refractivity contribution in [3.8, 4) is 0 Å². The lowest BCUT2D eigenvalue weighted by Gasteiger charge is -2.09. The number of benzene rings is 1. The Kier molecular flexibility index (Phi) is 2.00. The topological polar surface area (TPSA) is 26.0 Å². The Labute approximate surface area is 68.0 Å². The number of nitrogen functional groups attached to an aromatic ring is 1. The summed E-state index contributed by atoms with van der Waals surface area (Å²) in [4.78, 5) is 0. The van der Waals surface area contributed by atoms with Crippen LogP contribution in [0.5, 0.6) is 0 Å². The van der Waals surface area contributed by atoms with Gasteiger partial charge in [-0.25, -0.2) is 0 Å². The molecule has 0 saturated heterocycles. The molecule has 1 radical (unpaired) electrons. The Balaban J connectivity index is 3.23. The molecule has 0 heterocycles. The van der Waals surface area contributed by atoms with Crippen LogP contribution in [0.1, 0.15) is 11.1 Å². The fourth-order valence-electron chi connectivity index (χ4n) is 0.880. The maximum absolute atomic E-state index is 12.2. The number of halogens is 3. The van der Waals surface area contributed by atoms with Gasteiger partial charge in [-0.05, 0) is 30.7 Å². The first kappa shape index (κ1) is 8.90.